The first-order chi connectivity index (χ1) is 10.0. The lowest BCUT2D eigenvalue weighted by molar-refractivity contribution is 0.146. The van der Waals surface area contributed by atoms with Gasteiger partial charge in [-0.25, -0.2) is 9.18 Å². The Hall–Kier alpha value is -1.62. The maximum Gasteiger partial charge on any atom is 0.319 e. The third-order valence-electron chi connectivity index (χ3n) is 4.08. The van der Waals surface area contributed by atoms with Crippen molar-refractivity contribution in [1.82, 2.24) is 10.2 Å². The van der Waals surface area contributed by atoms with Crippen molar-refractivity contribution < 1.29 is 9.18 Å². The van der Waals surface area contributed by atoms with Crippen LogP contribution < -0.4 is 10.6 Å². The number of hydrogen-bond donors (Lipinski definition) is 2. The Bertz CT molecular complexity index is 472. The largest absolute Gasteiger partial charge is 0.336 e. The number of rotatable bonds is 4. The minimum atomic E-state index is -0.358. The summed E-state index contributed by atoms with van der Waals surface area (Å²) in [6, 6.07) is 5.91. The number of nitrogens with one attached hydrogen (secondary N) is 2. The molecule has 0 unspecified atom stereocenters. The van der Waals surface area contributed by atoms with Crippen LogP contribution in [-0.2, 0) is 0 Å². The molecule has 0 radical (unpaired) electrons. The summed E-state index contributed by atoms with van der Waals surface area (Å²) in [7, 11) is 0. The topological polar surface area (TPSA) is 44.4 Å². The zero-order valence-corrected chi connectivity index (χ0v) is 12.7. The molecule has 1 saturated heterocycles. The standard InChI is InChI=1S/C16H24FN3O/c1-12-6-8-20(9-7-12)13(2)11-18-16(21)19-15-5-3-4-14(17)10-15/h3-5,10,12-13H,6-9,11H2,1-2H3,(H2,18,19,21)/t13-/m0/s1. The van der Waals surface area contributed by atoms with E-state index in [0.29, 0.717) is 18.3 Å². The molecule has 2 N–H and O–H groups in total. The zero-order chi connectivity index (χ0) is 15.2. The van der Waals surface area contributed by atoms with Crippen LogP contribution in [0.15, 0.2) is 24.3 Å². The number of hydrogen-bond acceptors (Lipinski definition) is 2. The van der Waals surface area contributed by atoms with Crippen molar-refractivity contribution in [2.75, 3.05) is 25.0 Å². The van der Waals surface area contributed by atoms with Crippen LogP contribution in [0.4, 0.5) is 14.9 Å². The molecule has 21 heavy (non-hydrogen) atoms. The van der Waals surface area contributed by atoms with Gasteiger partial charge in [-0.05, 0) is 57.0 Å². The van der Waals surface area contributed by atoms with Gasteiger partial charge in [-0.15, -0.1) is 0 Å². The molecule has 1 heterocycles. The average Bonchev–Trinajstić information content (AvgIpc) is 2.45. The van der Waals surface area contributed by atoms with E-state index in [1.54, 1.807) is 12.1 Å². The zero-order valence-electron chi connectivity index (χ0n) is 12.7. The van der Waals surface area contributed by atoms with Crippen molar-refractivity contribution in [1.29, 1.82) is 0 Å². The normalized spacial score (nSPS) is 18.2. The molecule has 2 rings (SSSR count). The number of nitrogens with zero attached hydrogens (tertiary/aromatic N) is 1. The molecule has 1 aliphatic rings. The van der Waals surface area contributed by atoms with Crippen LogP contribution >= 0.6 is 0 Å². The quantitative estimate of drug-likeness (QED) is 0.896. The van der Waals surface area contributed by atoms with Gasteiger partial charge >= 0.3 is 6.03 Å². The summed E-state index contributed by atoms with van der Waals surface area (Å²) in [6.07, 6.45) is 2.44. The van der Waals surface area contributed by atoms with Crippen molar-refractivity contribution in [3.05, 3.63) is 30.1 Å². The maximum absolute atomic E-state index is 13.0. The molecule has 1 aliphatic heterocycles. The van der Waals surface area contributed by atoms with E-state index in [9.17, 15) is 9.18 Å². The lowest BCUT2D eigenvalue weighted by Gasteiger charge is -2.34. The average molecular weight is 293 g/mol. The van der Waals surface area contributed by atoms with Crippen LogP contribution in [0.2, 0.25) is 0 Å². The van der Waals surface area contributed by atoms with Crippen LogP contribution in [0.3, 0.4) is 0 Å². The Kier molecular flexibility index (Phi) is 5.56. The number of carbonyl (C=O) groups excluding carboxylic acids is 1. The van der Waals surface area contributed by atoms with E-state index in [2.05, 4.69) is 29.4 Å². The van der Waals surface area contributed by atoms with E-state index in [1.165, 1.54) is 25.0 Å². The fourth-order valence-corrected chi connectivity index (χ4v) is 2.58. The van der Waals surface area contributed by atoms with Crippen molar-refractivity contribution in [2.24, 2.45) is 5.92 Å². The molecule has 1 aromatic carbocycles. The summed E-state index contributed by atoms with van der Waals surface area (Å²) in [4.78, 5) is 14.2. The highest BCUT2D eigenvalue weighted by Crippen LogP contribution is 2.17. The number of urea groups is 1. The van der Waals surface area contributed by atoms with Gasteiger partial charge in [0.15, 0.2) is 0 Å². The highest BCUT2D eigenvalue weighted by atomic mass is 19.1. The Morgan fingerprint density at radius 3 is 2.81 bits per heavy atom. The summed E-state index contributed by atoms with van der Waals surface area (Å²) in [6.45, 7) is 7.19. The van der Waals surface area contributed by atoms with Crippen molar-refractivity contribution in [3.63, 3.8) is 0 Å². The van der Waals surface area contributed by atoms with E-state index in [1.807, 2.05) is 0 Å². The van der Waals surface area contributed by atoms with Crippen LogP contribution in [0.1, 0.15) is 26.7 Å². The molecule has 5 heteroatoms. The van der Waals surface area contributed by atoms with Gasteiger partial charge < -0.3 is 10.6 Å². The number of halogens is 1. The molecule has 2 amide bonds. The second-order valence-electron chi connectivity index (χ2n) is 5.91. The lowest BCUT2D eigenvalue weighted by atomic mass is 9.98. The first-order valence-corrected chi connectivity index (χ1v) is 7.59. The van der Waals surface area contributed by atoms with E-state index in [4.69, 9.17) is 0 Å². The molecule has 0 aromatic heterocycles. The minimum absolute atomic E-state index is 0.294. The number of likely N-dealkylation sites (tertiary alicyclic amines) is 1. The van der Waals surface area contributed by atoms with Gasteiger partial charge in [0.2, 0.25) is 0 Å². The Morgan fingerprint density at radius 1 is 1.43 bits per heavy atom. The van der Waals surface area contributed by atoms with Gasteiger partial charge in [-0.3, -0.25) is 4.90 Å². The first kappa shape index (κ1) is 15.8. The number of benzene rings is 1. The molecule has 1 atom stereocenters. The molecule has 1 aromatic rings. The van der Waals surface area contributed by atoms with Crippen molar-refractivity contribution >= 4 is 11.7 Å². The molecular formula is C16H24FN3O. The molecule has 0 bridgehead atoms. The second kappa shape index (κ2) is 7.41. The third-order valence-corrected chi connectivity index (χ3v) is 4.08. The van der Waals surface area contributed by atoms with Crippen LogP contribution in [0, 0.1) is 11.7 Å². The smallest absolute Gasteiger partial charge is 0.319 e. The predicted molar refractivity (Wildman–Crippen MR) is 82.9 cm³/mol. The minimum Gasteiger partial charge on any atom is -0.336 e. The fraction of sp³-hybridized carbons (Fsp3) is 0.562. The van der Waals surface area contributed by atoms with E-state index < -0.39 is 0 Å². The van der Waals surface area contributed by atoms with Crippen LogP contribution in [-0.4, -0.2) is 36.6 Å². The molecule has 4 nitrogen and oxygen atoms in total. The molecule has 0 spiro atoms. The SMILES string of the molecule is CC1CCN([C@@H](C)CNC(=O)Nc2cccc(F)c2)CC1. The number of amides is 2. The van der Waals surface area contributed by atoms with Crippen molar-refractivity contribution in [2.45, 2.75) is 32.7 Å². The second-order valence-corrected chi connectivity index (χ2v) is 5.91. The number of anilines is 1. The summed E-state index contributed by atoms with van der Waals surface area (Å²) < 4.78 is 13.0. The molecule has 116 valence electrons. The highest BCUT2D eigenvalue weighted by Gasteiger charge is 2.20. The summed E-state index contributed by atoms with van der Waals surface area (Å²) in [5, 5.41) is 5.48. The van der Waals surface area contributed by atoms with Gasteiger partial charge in [0.1, 0.15) is 5.82 Å². The lowest BCUT2D eigenvalue weighted by Crippen LogP contribution is -2.46. The molecule has 1 fully saturated rings. The Morgan fingerprint density at radius 2 is 2.14 bits per heavy atom. The molecule has 0 saturated carbocycles. The van der Waals surface area contributed by atoms with Gasteiger partial charge in [0, 0.05) is 18.3 Å². The Labute approximate surface area is 125 Å². The highest BCUT2D eigenvalue weighted by molar-refractivity contribution is 5.89. The van der Waals surface area contributed by atoms with Gasteiger partial charge in [0.25, 0.3) is 0 Å². The van der Waals surface area contributed by atoms with Gasteiger partial charge in [0.05, 0.1) is 0 Å². The molecular weight excluding hydrogens is 269 g/mol. The first-order valence-electron chi connectivity index (χ1n) is 7.59. The van der Waals surface area contributed by atoms with E-state index in [0.717, 1.165) is 19.0 Å². The number of carbonyl (C=O) groups is 1. The summed E-state index contributed by atoms with van der Waals surface area (Å²) >= 11 is 0. The molecule has 0 aliphatic carbocycles. The summed E-state index contributed by atoms with van der Waals surface area (Å²) in [5.41, 5.74) is 0.465. The fourth-order valence-electron chi connectivity index (χ4n) is 2.58. The maximum atomic E-state index is 13.0. The van der Waals surface area contributed by atoms with E-state index >= 15 is 0 Å². The van der Waals surface area contributed by atoms with Crippen LogP contribution in [0.25, 0.3) is 0 Å². The third kappa shape index (κ3) is 5.01. The summed E-state index contributed by atoms with van der Waals surface area (Å²) in [5.74, 6) is 0.446. The Balaban J connectivity index is 1.73. The number of piperidine rings is 1. The van der Waals surface area contributed by atoms with Gasteiger partial charge in [-0.1, -0.05) is 13.0 Å². The predicted octanol–water partition coefficient (Wildman–Crippen LogP) is 3.07. The van der Waals surface area contributed by atoms with Crippen molar-refractivity contribution in [3.8, 4) is 0 Å². The van der Waals surface area contributed by atoms with Gasteiger partial charge in [-0.2, -0.15) is 0 Å². The van der Waals surface area contributed by atoms with Crippen LogP contribution in [0.5, 0.6) is 0 Å². The monoisotopic (exact) mass is 293 g/mol. The van der Waals surface area contributed by atoms with E-state index in [-0.39, 0.29) is 11.8 Å².